The van der Waals surface area contributed by atoms with Gasteiger partial charge in [0.25, 0.3) is 0 Å². The molecule has 0 radical (unpaired) electrons. The fourth-order valence-corrected chi connectivity index (χ4v) is 2.17. The Bertz CT molecular complexity index is 704. The van der Waals surface area contributed by atoms with E-state index in [-0.39, 0.29) is 15.8 Å². The molecule has 0 amide bonds. The number of alkyl halides is 3. The predicted octanol–water partition coefficient (Wildman–Crippen LogP) is 4.75. The summed E-state index contributed by atoms with van der Waals surface area (Å²) in [6.45, 7) is 0. The lowest BCUT2D eigenvalue weighted by molar-refractivity contribution is -0.137. The quantitative estimate of drug-likeness (QED) is 0.543. The van der Waals surface area contributed by atoms with Crippen molar-refractivity contribution < 1.29 is 13.2 Å². The van der Waals surface area contributed by atoms with Crippen LogP contribution in [0.15, 0.2) is 42.5 Å². The molecule has 2 aromatic carbocycles. The van der Waals surface area contributed by atoms with Crippen LogP contribution in [0.4, 0.5) is 30.2 Å². The summed E-state index contributed by atoms with van der Waals surface area (Å²) < 4.78 is 38.4. The molecule has 3 nitrogen and oxygen atoms in total. The molecule has 0 bridgehead atoms. The van der Waals surface area contributed by atoms with Gasteiger partial charge in [-0.25, -0.2) is 0 Å². The second-order valence-corrected chi connectivity index (χ2v) is 5.17. The molecule has 2 rings (SSSR count). The molecule has 0 heterocycles. The highest BCUT2D eigenvalue weighted by molar-refractivity contribution is 7.80. The van der Waals surface area contributed by atoms with Crippen molar-refractivity contribution in [3.63, 3.8) is 0 Å². The molecule has 0 aromatic heterocycles. The number of para-hydroxylation sites is 2. The lowest BCUT2D eigenvalue weighted by Crippen LogP contribution is -2.20. The SMILES string of the molecule is Nc1ccccc1NC(=S)Nc1ccc(Cl)c(C(F)(F)F)c1. The minimum Gasteiger partial charge on any atom is -0.397 e. The van der Waals surface area contributed by atoms with E-state index in [1.165, 1.54) is 6.07 Å². The average molecular weight is 346 g/mol. The third kappa shape index (κ3) is 4.02. The van der Waals surface area contributed by atoms with Crippen molar-refractivity contribution >= 4 is 46.0 Å². The van der Waals surface area contributed by atoms with Crippen LogP contribution < -0.4 is 16.4 Å². The molecular formula is C14H11ClF3N3S. The molecule has 0 aliphatic heterocycles. The maximum atomic E-state index is 12.8. The van der Waals surface area contributed by atoms with Crippen molar-refractivity contribution in [3.05, 3.63) is 53.1 Å². The fourth-order valence-electron chi connectivity index (χ4n) is 1.72. The van der Waals surface area contributed by atoms with Gasteiger partial charge < -0.3 is 16.4 Å². The zero-order valence-corrected chi connectivity index (χ0v) is 12.6. The molecule has 2 aromatic rings. The van der Waals surface area contributed by atoms with Gasteiger partial charge in [0.15, 0.2) is 5.11 Å². The lowest BCUT2D eigenvalue weighted by atomic mass is 10.2. The van der Waals surface area contributed by atoms with Crippen LogP contribution in [0, 0.1) is 0 Å². The summed E-state index contributed by atoms with van der Waals surface area (Å²) >= 11 is 10.6. The van der Waals surface area contributed by atoms with Crippen LogP contribution in [0.2, 0.25) is 5.02 Å². The lowest BCUT2D eigenvalue weighted by Gasteiger charge is -2.14. The summed E-state index contributed by atoms with van der Waals surface area (Å²) in [7, 11) is 0. The summed E-state index contributed by atoms with van der Waals surface area (Å²) in [5, 5.41) is 5.22. The number of hydrogen-bond donors (Lipinski definition) is 3. The molecular weight excluding hydrogens is 335 g/mol. The van der Waals surface area contributed by atoms with Crippen LogP contribution in [-0.2, 0) is 6.18 Å². The Balaban J connectivity index is 2.14. The fraction of sp³-hybridized carbons (Fsp3) is 0.0714. The van der Waals surface area contributed by atoms with E-state index >= 15 is 0 Å². The molecule has 22 heavy (non-hydrogen) atoms. The molecule has 0 unspecified atom stereocenters. The Labute approximate surface area is 135 Å². The number of halogens is 4. The summed E-state index contributed by atoms with van der Waals surface area (Å²) in [4.78, 5) is 0. The van der Waals surface area contributed by atoms with E-state index < -0.39 is 11.7 Å². The highest BCUT2D eigenvalue weighted by Crippen LogP contribution is 2.36. The number of benzene rings is 2. The van der Waals surface area contributed by atoms with Gasteiger partial charge in [-0.15, -0.1) is 0 Å². The smallest absolute Gasteiger partial charge is 0.397 e. The average Bonchev–Trinajstić information content (AvgIpc) is 2.42. The largest absolute Gasteiger partial charge is 0.417 e. The monoisotopic (exact) mass is 345 g/mol. The third-order valence-corrected chi connectivity index (χ3v) is 3.27. The van der Waals surface area contributed by atoms with Crippen LogP contribution >= 0.6 is 23.8 Å². The molecule has 0 atom stereocenters. The first-order valence-electron chi connectivity index (χ1n) is 6.06. The first-order chi connectivity index (χ1) is 10.3. The van der Waals surface area contributed by atoms with Gasteiger partial charge >= 0.3 is 6.18 Å². The third-order valence-electron chi connectivity index (χ3n) is 2.74. The van der Waals surface area contributed by atoms with Gasteiger partial charge in [-0.2, -0.15) is 13.2 Å². The van der Waals surface area contributed by atoms with Crippen LogP contribution in [0.3, 0.4) is 0 Å². The molecule has 0 saturated carbocycles. The first kappa shape index (κ1) is 16.4. The molecule has 0 aliphatic carbocycles. The standard InChI is InChI=1S/C14H11ClF3N3S/c15-10-6-5-8(7-9(10)14(16,17)18)20-13(22)21-12-4-2-1-3-11(12)19/h1-7H,19H2,(H2,20,21,22). The molecule has 0 aliphatic rings. The van der Waals surface area contributed by atoms with Crippen molar-refractivity contribution in [2.45, 2.75) is 6.18 Å². The number of nitrogens with one attached hydrogen (secondary N) is 2. The molecule has 0 spiro atoms. The number of thiocarbonyl (C=S) groups is 1. The summed E-state index contributed by atoms with van der Waals surface area (Å²) in [5.74, 6) is 0. The van der Waals surface area contributed by atoms with E-state index in [0.717, 1.165) is 12.1 Å². The normalized spacial score (nSPS) is 11.1. The Kier molecular flexibility index (Phi) is 4.77. The first-order valence-corrected chi connectivity index (χ1v) is 6.85. The van der Waals surface area contributed by atoms with Gasteiger partial charge in [0, 0.05) is 5.69 Å². The van der Waals surface area contributed by atoms with Crippen molar-refractivity contribution in [1.29, 1.82) is 0 Å². The van der Waals surface area contributed by atoms with Gasteiger partial charge in [0.1, 0.15) is 0 Å². The van der Waals surface area contributed by atoms with Crippen molar-refractivity contribution in [3.8, 4) is 0 Å². The Hall–Kier alpha value is -1.99. The second-order valence-electron chi connectivity index (χ2n) is 4.36. The number of anilines is 3. The number of nitrogen functional groups attached to an aromatic ring is 1. The van der Waals surface area contributed by atoms with E-state index in [1.807, 2.05) is 0 Å². The highest BCUT2D eigenvalue weighted by atomic mass is 35.5. The minimum absolute atomic E-state index is 0.119. The maximum absolute atomic E-state index is 12.8. The second kappa shape index (κ2) is 6.41. The predicted molar refractivity (Wildman–Crippen MR) is 87.2 cm³/mol. The van der Waals surface area contributed by atoms with E-state index in [0.29, 0.717) is 11.4 Å². The van der Waals surface area contributed by atoms with Crippen molar-refractivity contribution in [2.75, 3.05) is 16.4 Å². The van der Waals surface area contributed by atoms with Gasteiger partial charge in [-0.1, -0.05) is 23.7 Å². The van der Waals surface area contributed by atoms with Gasteiger partial charge in [0.05, 0.1) is 22.0 Å². The van der Waals surface area contributed by atoms with Gasteiger partial charge in [-0.3, -0.25) is 0 Å². The summed E-state index contributed by atoms with van der Waals surface area (Å²) in [6, 6.07) is 10.3. The van der Waals surface area contributed by atoms with Gasteiger partial charge in [0.2, 0.25) is 0 Å². The van der Waals surface area contributed by atoms with E-state index in [9.17, 15) is 13.2 Å². The highest BCUT2D eigenvalue weighted by Gasteiger charge is 2.33. The number of nitrogens with two attached hydrogens (primary N) is 1. The van der Waals surface area contributed by atoms with E-state index in [1.54, 1.807) is 24.3 Å². The Morgan fingerprint density at radius 3 is 2.41 bits per heavy atom. The zero-order chi connectivity index (χ0) is 16.3. The van der Waals surface area contributed by atoms with Crippen LogP contribution in [0.5, 0.6) is 0 Å². The van der Waals surface area contributed by atoms with Crippen LogP contribution in [0.25, 0.3) is 0 Å². The number of rotatable bonds is 2. The Morgan fingerprint density at radius 1 is 1.09 bits per heavy atom. The Morgan fingerprint density at radius 2 is 1.77 bits per heavy atom. The van der Waals surface area contributed by atoms with E-state index in [4.69, 9.17) is 29.6 Å². The summed E-state index contributed by atoms with van der Waals surface area (Å²) in [6.07, 6.45) is -4.53. The minimum atomic E-state index is -4.53. The van der Waals surface area contributed by atoms with E-state index in [2.05, 4.69) is 10.6 Å². The molecule has 116 valence electrons. The molecule has 0 saturated heterocycles. The molecule has 8 heteroatoms. The van der Waals surface area contributed by atoms with Crippen molar-refractivity contribution in [1.82, 2.24) is 0 Å². The molecule has 0 fully saturated rings. The van der Waals surface area contributed by atoms with Crippen LogP contribution in [-0.4, -0.2) is 5.11 Å². The van der Waals surface area contributed by atoms with Crippen LogP contribution in [0.1, 0.15) is 5.56 Å². The summed E-state index contributed by atoms with van der Waals surface area (Å²) in [5.41, 5.74) is 6.02. The topological polar surface area (TPSA) is 50.1 Å². The maximum Gasteiger partial charge on any atom is 0.417 e. The van der Waals surface area contributed by atoms with Crippen molar-refractivity contribution in [2.24, 2.45) is 0 Å². The van der Waals surface area contributed by atoms with Gasteiger partial charge in [-0.05, 0) is 42.5 Å². The molecule has 4 N–H and O–H groups in total. The zero-order valence-electron chi connectivity index (χ0n) is 11.0. The number of hydrogen-bond acceptors (Lipinski definition) is 2.